The lowest BCUT2D eigenvalue weighted by atomic mass is 10.3. The van der Waals surface area contributed by atoms with Crippen molar-refractivity contribution in [1.82, 2.24) is 19.1 Å². The minimum atomic E-state index is -0.640. The van der Waals surface area contributed by atoms with Crippen molar-refractivity contribution in [3.8, 4) is 5.75 Å². The predicted molar refractivity (Wildman–Crippen MR) is 122 cm³/mol. The number of hydrogen-bond acceptors (Lipinski definition) is 6. The second kappa shape index (κ2) is 9.53. The van der Waals surface area contributed by atoms with Crippen molar-refractivity contribution in [1.29, 1.82) is 0 Å². The summed E-state index contributed by atoms with van der Waals surface area (Å²) in [6.07, 6.45) is 1.54. The van der Waals surface area contributed by atoms with E-state index in [1.54, 1.807) is 50.4 Å². The van der Waals surface area contributed by atoms with Crippen molar-refractivity contribution in [2.45, 2.75) is 46.4 Å². The normalized spacial score (nSPS) is 11.2. The van der Waals surface area contributed by atoms with Crippen molar-refractivity contribution in [3.63, 3.8) is 0 Å². The van der Waals surface area contributed by atoms with E-state index in [2.05, 4.69) is 15.3 Å². The molecule has 0 aliphatic rings. The molecule has 10 heteroatoms. The first-order valence-electron chi connectivity index (χ1n) is 9.72. The van der Waals surface area contributed by atoms with Crippen LogP contribution < -0.4 is 21.4 Å². The highest BCUT2D eigenvalue weighted by atomic mass is 35.5. The fraction of sp³-hybridized carbons (Fsp3) is 0.333. The van der Waals surface area contributed by atoms with Crippen LogP contribution in [-0.2, 0) is 6.54 Å². The first-order valence-corrected chi connectivity index (χ1v) is 10.5. The first kappa shape index (κ1) is 22.8. The van der Waals surface area contributed by atoms with Crippen LogP contribution in [0.1, 0.15) is 39.3 Å². The van der Waals surface area contributed by atoms with Crippen LogP contribution in [0.4, 0.5) is 11.6 Å². The van der Waals surface area contributed by atoms with Gasteiger partial charge in [-0.2, -0.15) is 4.98 Å². The molecule has 0 amide bonds. The molecule has 0 atom stereocenters. The van der Waals surface area contributed by atoms with Crippen molar-refractivity contribution in [3.05, 3.63) is 73.2 Å². The van der Waals surface area contributed by atoms with Gasteiger partial charge in [0.2, 0.25) is 5.95 Å². The molecule has 0 saturated heterocycles. The molecule has 0 unspecified atom stereocenters. The van der Waals surface area contributed by atoms with Gasteiger partial charge in [-0.1, -0.05) is 29.3 Å². The molecule has 3 aromatic rings. The lowest BCUT2D eigenvalue weighted by Crippen LogP contribution is -2.43. The molecule has 0 bridgehead atoms. The van der Waals surface area contributed by atoms with E-state index in [9.17, 15) is 9.59 Å². The van der Waals surface area contributed by atoms with E-state index in [0.717, 1.165) is 10.1 Å². The lowest BCUT2D eigenvalue weighted by molar-refractivity contribution is 0.242. The van der Waals surface area contributed by atoms with Gasteiger partial charge >= 0.3 is 11.4 Å². The van der Waals surface area contributed by atoms with Crippen LogP contribution in [-0.4, -0.2) is 25.2 Å². The highest BCUT2D eigenvalue weighted by Gasteiger charge is 2.16. The zero-order chi connectivity index (χ0) is 22.7. The van der Waals surface area contributed by atoms with Gasteiger partial charge in [-0.3, -0.25) is 4.57 Å². The second-order valence-corrected chi connectivity index (χ2v) is 8.27. The Morgan fingerprint density at radius 3 is 2.42 bits per heavy atom. The fourth-order valence-corrected chi connectivity index (χ4v) is 3.26. The fourth-order valence-electron chi connectivity index (χ4n) is 2.93. The number of rotatable bonds is 7. The summed E-state index contributed by atoms with van der Waals surface area (Å²) >= 11 is 12.2. The minimum Gasteiger partial charge on any atom is -0.489 e. The van der Waals surface area contributed by atoms with Crippen LogP contribution in [0.2, 0.25) is 10.2 Å². The van der Waals surface area contributed by atoms with Gasteiger partial charge in [0.15, 0.2) is 0 Å². The standard InChI is InChI=1S/C21H23Cl2N5O3/c1-12(2)28-20(29)26-19(25-15-6-7-17(16(22)9-15)31-13(3)4)27(21(28)30)11-14-5-8-18(23)24-10-14/h5-10,12-13H,11H2,1-4H3,(H,25,26,29). The Kier molecular flexibility index (Phi) is 7.02. The molecule has 164 valence electrons. The smallest absolute Gasteiger partial charge is 0.355 e. The van der Waals surface area contributed by atoms with Gasteiger partial charge in [-0.25, -0.2) is 19.1 Å². The van der Waals surface area contributed by atoms with Crippen LogP contribution in [0, 0.1) is 0 Å². The molecule has 0 radical (unpaired) electrons. The summed E-state index contributed by atoms with van der Waals surface area (Å²) in [6.45, 7) is 7.45. The van der Waals surface area contributed by atoms with Crippen molar-refractivity contribution < 1.29 is 4.74 Å². The largest absolute Gasteiger partial charge is 0.489 e. The van der Waals surface area contributed by atoms with Crippen LogP contribution in [0.5, 0.6) is 5.75 Å². The maximum Gasteiger partial charge on any atom is 0.355 e. The van der Waals surface area contributed by atoms with Gasteiger partial charge in [0.25, 0.3) is 0 Å². The second-order valence-electron chi connectivity index (χ2n) is 7.48. The number of halogens is 2. The summed E-state index contributed by atoms with van der Waals surface area (Å²) in [5, 5.41) is 3.76. The number of nitrogens with one attached hydrogen (secondary N) is 1. The third-order valence-electron chi connectivity index (χ3n) is 4.30. The van der Waals surface area contributed by atoms with Gasteiger partial charge in [-0.05, 0) is 57.5 Å². The molecule has 3 rings (SSSR count). The van der Waals surface area contributed by atoms with E-state index in [1.807, 2.05) is 13.8 Å². The Bertz CT molecular complexity index is 1190. The maximum absolute atomic E-state index is 13.1. The Morgan fingerprint density at radius 1 is 1.10 bits per heavy atom. The number of benzene rings is 1. The van der Waals surface area contributed by atoms with Gasteiger partial charge in [0.05, 0.1) is 17.7 Å². The maximum atomic E-state index is 13.1. The van der Waals surface area contributed by atoms with E-state index in [4.69, 9.17) is 27.9 Å². The third kappa shape index (κ3) is 5.45. The van der Waals surface area contributed by atoms with E-state index >= 15 is 0 Å². The lowest BCUT2D eigenvalue weighted by Gasteiger charge is -2.17. The Labute approximate surface area is 189 Å². The number of ether oxygens (including phenoxy) is 1. The number of anilines is 2. The van der Waals surface area contributed by atoms with Crippen LogP contribution >= 0.6 is 23.2 Å². The number of pyridine rings is 1. The molecule has 2 aromatic heterocycles. The molecular weight excluding hydrogens is 441 g/mol. The molecule has 8 nitrogen and oxygen atoms in total. The molecular formula is C21H23Cl2N5O3. The third-order valence-corrected chi connectivity index (χ3v) is 4.82. The molecule has 0 aliphatic carbocycles. The first-order chi connectivity index (χ1) is 14.7. The Balaban J connectivity index is 2.04. The van der Waals surface area contributed by atoms with E-state index in [1.165, 1.54) is 4.57 Å². The summed E-state index contributed by atoms with van der Waals surface area (Å²) in [5.74, 6) is 0.630. The molecule has 0 spiro atoms. The van der Waals surface area contributed by atoms with E-state index in [0.29, 0.717) is 21.6 Å². The van der Waals surface area contributed by atoms with Crippen molar-refractivity contribution in [2.75, 3.05) is 5.32 Å². The molecule has 0 aliphatic heterocycles. The SMILES string of the molecule is CC(C)Oc1ccc(Nc2nc(=O)n(C(C)C)c(=O)n2Cc2ccc(Cl)nc2)cc1Cl. The molecule has 31 heavy (non-hydrogen) atoms. The number of nitrogens with zero attached hydrogens (tertiary/aromatic N) is 4. The number of hydrogen-bond donors (Lipinski definition) is 1. The molecule has 0 saturated carbocycles. The quantitative estimate of drug-likeness (QED) is 0.526. The zero-order valence-corrected chi connectivity index (χ0v) is 19.1. The zero-order valence-electron chi connectivity index (χ0n) is 17.6. The summed E-state index contributed by atoms with van der Waals surface area (Å²) in [4.78, 5) is 33.8. The summed E-state index contributed by atoms with van der Waals surface area (Å²) < 4.78 is 8.11. The van der Waals surface area contributed by atoms with Gasteiger partial charge in [0, 0.05) is 17.9 Å². The molecule has 1 aromatic carbocycles. The minimum absolute atomic E-state index is 0.0280. The number of aromatic nitrogens is 4. The highest BCUT2D eigenvalue weighted by molar-refractivity contribution is 6.32. The van der Waals surface area contributed by atoms with Gasteiger partial charge in [-0.15, -0.1) is 0 Å². The van der Waals surface area contributed by atoms with E-state index in [-0.39, 0.29) is 24.6 Å². The Hall–Kier alpha value is -2.84. The average Bonchev–Trinajstić information content (AvgIpc) is 2.68. The molecule has 0 fully saturated rings. The monoisotopic (exact) mass is 463 g/mol. The predicted octanol–water partition coefficient (Wildman–Crippen LogP) is 4.27. The van der Waals surface area contributed by atoms with Crippen molar-refractivity contribution in [2.24, 2.45) is 0 Å². The van der Waals surface area contributed by atoms with Crippen LogP contribution in [0.25, 0.3) is 0 Å². The molecule has 1 N–H and O–H groups in total. The van der Waals surface area contributed by atoms with Crippen LogP contribution in [0.15, 0.2) is 46.1 Å². The average molecular weight is 464 g/mol. The summed E-state index contributed by atoms with van der Waals surface area (Å²) in [7, 11) is 0. The summed E-state index contributed by atoms with van der Waals surface area (Å²) in [6, 6.07) is 8.13. The topological polar surface area (TPSA) is 91.0 Å². The van der Waals surface area contributed by atoms with Gasteiger partial charge in [0.1, 0.15) is 10.9 Å². The Morgan fingerprint density at radius 2 is 1.84 bits per heavy atom. The van der Waals surface area contributed by atoms with E-state index < -0.39 is 11.4 Å². The van der Waals surface area contributed by atoms with Crippen LogP contribution in [0.3, 0.4) is 0 Å². The van der Waals surface area contributed by atoms with Gasteiger partial charge < -0.3 is 10.1 Å². The van der Waals surface area contributed by atoms with Crippen molar-refractivity contribution >= 4 is 34.8 Å². The highest BCUT2D eigenvalue weighted by Crippen LogP contribution is 2.29. The summed E-state index contributed by atoms with van der Waals surface area (Å²) in [5.41, 5.74) is 0.152. The molecule has 2 heterocycles.